The predicted octanol–water partition coefficient (Wildman–Crippen LogP) is 3.76. The molecule has 1 aliphatic rings. The average Bonchev–Trinajstić information content (AvgIpc) is 2.88. The average molecular weight is 290 g/mol. The first-order valence-corrected chi connectivity index (χ1v) is 8.29. The van der Waals surface area contributed by atoms with E-state index in [1.807, 2.05) is 10.6 Å². The monoisotopic (exact) mass is 290 g/mol. The van der Waals surface area contributed by atoms with Gasteiger partial charge in [0.25, 0.3) is 5.56 Å². The Kier molecular flexibility index (Phi) is 4.92. The van der Waals surface area contributed by atoms with Crippen molar-refractivity contribution in [3.05, 3.63) is 33.7 Å². The van der Waals surface area contributed by atoms with Crippen molar-refractivity contribution in [1.29, 1.82) is 0 Å². The van der Waals surface area contributed by atoms with E-state index < -0.39 is 0 Å². The number of pyridine rings is 1. The zero-order chi connectivity index (χ0) is 15.6. The molecule has 0 unspecified atom stereocenters. The van der Waals surface area contributed by atoms with Gasteiger partial charge in [-0.1, -0.05) is 39.7 Å². The number of hydrogen-bond acceptors (Lipinski definition) is 2. The van der Waals surface area contributed by atoms with Gasteiger partial charge in [0.05, 0.1) is 0 Å². The Morgan fingerprint density at radius 2 is 1.86 bits per heavy atom. The summed E-state index contributed by atoms with van der Waals surface area (Å²) in [5.41, 5.74) is 2.17. The van der Waals surface area contributed by atoms with E-state index in [9.17, 15) is 4.79 Å². The minimum Gasteiger partial charge on any atom is -0.310 e. The Bertz CT molecular complexity index is 531. The van der Waals surface area contributed by atoms with Crippen molar-refractivity contribution in [3.8, 4) is 0 Å². The summed E-state index contributed by atoms with van der Waals surface area (Å²) in [6, 6.07) is 4.94. The van der Waals surface area contributed by atoms with E-state index in [0.29, 0.717) is 12.6 Å². The van der Waals surface area contributed by atoms with Gasteiger partial charge in [-0.25, -0.2) is 0 Å². The standard InChI is InChI=1S/C18H30N2O/c1-13(2)20-16(18(3,4)5)11-10-14(17(20)21)12-19-15-8-6-7-9-15/h10-11,13,15,19H,6-9,12H2,1-5H3. The van der Waals surface area contributed by atoms with Crippen LogP contribution in [-0.4, -0.2) is 10.6 Å². The molecular weight excluding hydrogens is 260 g/mol. The van der Waals surface area contributed by atoms with Crippen molar-refractivity contribution in [3.63, 3.8) is 0 Å². The van der Waals surface area contributed by atoms with Gasteiger partial charge >= 0.3 is 0 Å². The van der Waals surface area contributed by atoms with E-state index >= 15 is 0 Å². The summed E-state index contributed by atoms with van der Waals surface area (Å²) in [7, 11) is 0. The van der Waals surface area contributed by atoms with Gasteiger partial charge in [-0.05, 0) is 32.8 Å². The molecule has 0 aliphatic heterocycles. The number of nitrogens with zero attached hydrogens (tertiary/aromatic N) is 1. The molecule has 0 aromatic carbocycles. The Balaban J connectivity index is 2.27. The van der Waals surface area contributed by atoms with Crippen LogP contribution in [0.5, 0.6) is 0 Å². The third kappa shape index (κ3) is 3.76. The number of hydrogen-bond donors (Lipinski definition) is 1. The van der Waals surface area contributed by atoms with Crippen LogP contribution in [0.1, 0.15) is 77.6 Å². The fourth-order valence-corrected chi connectivity index (χ4v) is 3.24. The van der Waals surface area contributed by atoms with E-state index in [1.54, 1.807) is 0 Å². The Morgan fingerprint density at radius 1 is 1.24 bits per heavy atom. The van der Waals surface area contributed by atoms with Crippen molar-refractivity contribution in [2.75, 3.05) is 0 Å². The van der Waals surface area contributed by atoms with Crippen LogP contribution < -0.4 is 10.9 Å². The molecule has 0 saturated heterocycles. The molecule has 0 spiro atoms. The van der Waals surface area contributed by atoms with Gasteiger partial charge in [-0.15, -0.1) is 0 Å². The molecule has 1 saturated carbocycles. The molecule has 1 aromatic rings. The molecule has 3 heteroatoms. The molecule has 0 radical (unpaired) electrons. The summed E-state index contributed by atoms with van der Waals surface area (Å²) in [4.78, 5) is 12.8. The molecule has 0 atom stereocenters. The lowest BCUT2D eigenvalue weighted by molar-refractivity contribution is 0.459. The van der Waals surface area contributed by atoms with Crippen molar-refractivity contribution >= 4 is 0 Å². The van der Waals surface area contributed by atoms with Crippen LogP contribution in [0.15, 0.2) is 16.9 Å². The topological polar surface area (TPSA) is 34.0 Å². The molecule has 0 bridgehead atoms. The lowest BCUT2D eigenvalue weighted by Gasteiger charge is -2.27. The van der Waals surface area contributed by atoms with Gasteiger partial charge in [0, 0.05) is 35.3 Å². The smallest absolute Gasteiger partial charge is 0.255 e. The van der Waals surface area contributed by atoms with Crippen LogP contribution in [-0.2, 0) is 12.0 Å². The molecule has 0 amide bonds. The minimum absolute atomic E-state index is 0.0131. The highest BCUT2D eigenvalue weighted by molar-refractivity contribution is 5.22. The molecule has 1 fully saturated rings. The molecule has 3 nitrogen and oxygen atoms in total. The van der Waals surface area contributed by atoms with Crippen LogP contribution in [0, 0.1) is 0 Å². The molecule has 1 aromatic heterocycles. The van der Waals surface area contributed by atoms with Crippen LogP contribution in [0.25, 0.3) is 0 Å². The number of aromatic nitrogens is 1. The van der Waals surface area contributed by atoms with Gasteiger partial charge in [0.15, 0.2) is 0 Å². The summed E-state index contributed by atoms with van der Waals surface area (Å²) in [5, 5.41) is 3.55. The Hall–Kier alpha value is -1.09. The van der Waals surface area contributed by atoms with Gasteiger partial charge < -0.3 is 9.88 Å². The highest BCUT2D eigenvalue weighted by atomic mass is 16.1. The van der Waals surface area contributed by atoms with Crippen LogP contribution in [0.2, 0.25) is 0 Å². The second-order valence-electron chi connectivity index (χ2n) is 7.62. The predicted molar refractivity (Wildman–Crippen MR) is 88.9 cm³/mol. The van der Waals surface area contributed by atoms with Gasteiger partial charge in [-0.2, -0.15) is 0 Å². The Labute approximate surface area is 128 Å². The quantitative estimate of drug-likeness (QED) is 0.916. The van der Waals surface area contributed by atoms with Gasteiger partial charge in [0.2, 0.25) is 0 Å². The van der Waals surface area contributed by atoms with Crippen LogP contribution >= 0.6 is 0 Å². The fraction of sp³-hybridized carbons (Fsp3) is 0.722. The minimum atomic E-state index is -0.0131. The summed E-state index contributed by atoms with van der Waals surface area (Å²) in [6.07, 6.45) is 5.13. The zero-order valence-electron chi connectivity index (χ0n) is 14.2. The molecule has 21 heavy (non-hydrogen) atoms. The zero-order valence-corrected chi connectivity index (χ0v) is 14.2. The van der Waals surface area contributed by atoms with Crippen LogP contribution in [0.4, 0.5) is 0 Å². The van der Waals surface area contributed by atoms with E-state index in [0.717, 1.165) is 11.3 Å². The molecular formula is C18H30N2O. The largest absolute Gasteiger partial charge is 0.310 e. The molecule has 2 rings (SSSR count). The SMILES string of the molecule is CC(C)n1c(C(C)(C)C)ccc(CNC2CCCC2)c1=O. The Morgan fingerprint density at radius 3 is 2.38 bits per heavy atom. The third-order valence-electron chi connectivity index (χ3n) is 4.42. The second kappa shape index (κ2) is 6.35. The van der Waals surface area contributed by atoms with Crippen LogP contribution in [0.3, 0.4) is 0 Å². The van der Waals surface area contributed by atoms with Gasteiger partial charge in [0.1, 0.15) is 0 Å². The van der Waals surface area contributed by atoms with Gasteiger partial charge in [-0.3, -0.25) is 4.79 Å². The summed E-state index contributed by atoms with van der Waals surface area (Å²) in [5.74, 6) is 0. The van der Waals surface area contributed by atoms with Crippen molar-refractivity contribution < 1.29 is 0 Å². The van der Waals surface area contributed by atoms with Crippen molar-refractivity contribution in [1.82, 2.24) is 9.88 Å². The fourth-order valence-electron chi connectivity index (χ4n) is 3.24. The van der Waals surface area contributed by atoms with E-state index in [-0.39, 0.29) is 17.0 Å². The maximum Gasteiger partial charge on any atom is 0.255 e. The molecule has 1 N–H and O–H groups in total. The van der Waals surface area contributed by atoms with E-state index in [1.165, 1.54) is 25.7 Å². The first-order chi connectivity index (χ1) is 9.80. The normalized spacial score (nSPS) is 16.9. The lowest BCUT2D eigenvalue weighted by atomic mass is 9.90. The van der Waals surface area contributed by atoms with E-state index in [2.05, 4.69) is 46.0 Å². The van der Waals surface area contributed by atoms with Crippen molar-refractivity contribution in [2.24, 2.45) is 0 Å². The van der Waals surface area contributed by atoms with E-state index in [4.69, 9.17) is 0 Å². The van der Waals surface area contributed by atoms with Crippen molar-refractivity contribution in [2.45, 2.75) is 84.3 Å². The summed E-state index contributed by atoms with van der Waals surface area (Å²) >= 11 is 0. The first kappa shape index (κ1) is 16.3. The first-order valence-electron chi connectivity index (χ1n) is 8.29. The second-order valence-corrected chi connectivity index (χ2v) is 7.62. The molecule has 1 aliphatic carbocycles. The highest BCUT2D eigenvalue weighted by Crippen LogP contribution is 2.24. The maximum absolute atomic E-state index is 12.8. The molecule has 118 valence electrons. The highest BCUT2D eigenvalue weighted by Gasteiger charge is 2.22. The summed E-state index contributed by atoms with van der Waals surface area (Å²) < 4.78 is 1.96. The molecule has 1 heterocycles. The number of nitrogens with one attached hydrogen (secondary N) is 1. The third-order valence-corrected chi connectivity index (χ3v) is 4.42. The summed E-state index contributed by atoms with van der Waals surface area (Å²) in [6.45, 7) is 11.4. The maximum atomic E-state index is 12.8. The lowest BCUT2D eigenvalue weighted by Crippen LogP contribution is -2.35. The number of rotatable bonds is 4.